The van der Waals surface area contributed by atoms with Gasteiger partial charge in [-0.2, -0.15) is 0 Å². The van der Waals surface area contributed by atoms with Crippen LogP contribution in [-0.2, 0) is 0 Å². The van der Waals surface area contributed by atoms with Crippen LogP contribution >= 0.6 is 27.3 Å². The van der Waals surface area contributed by atoms with Gasteiger partial charge in [0.05, 0.1) is 15.7 Å². The normalized spacial score (nSPS) is 10.7. The Hall–Kier alpha value is -0.410. The first-order valence-corrected chi connectivity index (χ1v) is 4.94. The minimum Gasteiger partial charge on any atom is -0.245 e. The van der Waals surface area contributed by atoms with Gasteiger partial charge in [-0.05, 0) is 34.5 Å². The number of aromatic nitrogens is 1. The summed E-state index contributed by atoms with van der Waals surface area (Å²) in [6, 6.07) is 4.12. The summed E-state index contributed by atoms with van der Waals surface area (Å²) in [5.41, 5.74) is 4.21. The van der Waals surface area contributed by atoms with Crippen LogP contribution in [0.25, 0.3) is 10.2 Å². The average molecular weight is 228 g/mol. The molecule has 1 aromatic heterocycles. The van der Waals surface area contributed by atoms with Crippen molar-refractivity contribution in [2.24, 2.45) is 0 Å². The molecule has 0 bridgehead atoms. The van der Waals surface area contributed by atoms with E-state index in [0.717, 1.165) is 5.52 Å². The van der Waals surface area contributed by atoms with Crippen molar-refractivity contribution in [1.29, 1.82) is 0 Å². The molecular weight excluding hydrogens is 222 g/mol. The minimum absolute atomic E-state index is 1.08. The molecule has 0 atom stereocenters. The molecule has 0 fully saturated rings. The fraction of sp³-hybridized carbons (Fsp3) is 0.125. The van der Waals surface area contributed by atoms with Crippen molar-refractivity contribution in [3.63, 3.8) is 0 Å². The Bertz CT molecular complexity index is 394. The number of rotatable bonds is 0. The van der Waals surface area contributed by atoms with Crippen molar-refractivity contribution in [2.75, 3.05) is 0 Å². The highest BCUT2D eigenvalue weighted by Gasteiger charge is 2.02. The molecule has 0 aliphatic carbocycles. The van der Waals surface area contributed by atoms with Crippen molar-refractivity contribution in [3.8, 4) is 0 Å². The molecule has 0 amide bonds. The van der Waals surface area contributed by atoms with Crippen LogP contribution in [0, 0.1) is 6.92 Å². The van der Waals surface area contributed by atoms with E-state index in [4.69, 9.17) is 0 Å². The SMILES string of the molecule is Cc1ccc2ncsc2c1Br. The molecule has 0 aliphatic heterocycles. The molecule has 11 heavy (non-hydrogen) atoms. The second-order valence-electron chi connectivity index (χ2n) is 2.40. The van der Waals surface area contributed by atoms with Crippen molar-refractivity contribution in [2.45, 2.75) is 6.92 Å². The van der Waals surface area contributed by atoms with E-state index in [-0.39, 0.29) is 0 Å². The summed E-state index contributed by atoms with van der Waals surface area (Å²) in [4.78, 5) is 4.21. The third kappa shape index (κ3) is 1.08. The van der Waals surface area contributed by atoms with Crippen LogP contribution in [0.3, 0.4) is 0 Å². The fourth-order valence-corrected chi connectivity index (χ4v) is 2.39. The van der Waals surface area contributed by atoms with Crippen molar-refractivity contribution < 1.29 is 0 Å². The first kappa shape index (κ1) is 7.25. The summed E-state index contributed by atoms with van der Waals surface area (Å²) >= 11 is 5.20. The maximum atomic E-state index is 4.21. The predicted molar refractivity (Wildman–Crippen MR) is 52.1 cm³/mol. The number of halogens is 1. The number of benzene rings is 1. The zero-order valence-electron chi connectivity index (χ0n) is 5.97. The van der Waals surface area contributed by atoms with Gasteiger partial charge in [0.25, 0.3) is 0 Å². The van der Waals surface area contributed by atoms with E-state index >= 15 is 0 Å². The predicted octanol–water partition coefficient (Wildman–Crippen LogP) is 3.37. The maximum absolute atomic E-state index is 4.21. The summed E-state index contributed by atoms with van der Waals surface area (Å²) < 4.78 is 2.42. The number of aryl methyl sites for hydroxylation is 1. The van der Waals surface area contributed by atoms with E-state index in [2.05, 4.69) is 33.9 Å². The third-order valence-corrected chi connectivity index (χ3v) is 3.78. The van der Waals surface area contributed by atoms with E-state index in [1.165, 1.54) is 14.7 Å². The van der Waals surface area contributed by atoms with Gasteiger partial charge in [-0.15, -0.1) is 11.3 Å². The van der Waals surface area contributed by atoms with Crippen LogP contribution < -0.4 is 0 Å². The standard InChI is InChI=1S/C8H6BrNS/c1-5-2-3-6-8(7(5)9)11-4-10-6/h2-4H,1H3. The van der Waals surface area contributed by atoms with Crippen LogP contribution in [0.15, 0.2) is 22.1 Å². The molecule has 0 unspecified atom stereocenters. The summed E-state index contributed by atoms with van der Waals surface area (Å²) in [6.07, 6.45) is 0. The summed E-state index contributed by atoms with van der Waals surface area (Å²) in [5.74, 6) is 0. The highest BCUT2D eigenvalue weighted by atomic mass is 79.9. The van der Waals surface area contributed by atoms with Crippen LogP contribution in [0.5, 0.6) is 0 Å². The topological polar surface area (TPSA) is 12.9 Å². The number of hydrogen-bond acceptors (Lipinski definition) is 2. The average Bonchev–Trinajstić information content (AvgIpc) is 2.45. The number of hydrogen-bond donors (Lipinski definition) is 0. The maximum Gasteiger partial charge on any atom is 0.0823 e. The van der Waals surface area contributed by atoms with E-state index in [1.807, 2.05) is 11.6 Å². The van der Waals surface area contributed by atoms with Gasteiger partial charge in [0.2, 0.25) is 0 Å². The number of fused-ring (bicyclic) bond motifs is 1. The van der Waals surface area contributed by atoms with Gasteiger partial charge >= 0.3 is 0 Å². The van der Waals surface area contributed by atoms with Crippen molar-refractivity contribution in [3.05, 3.63) is 27.7 Å². The largest absolute Gasteiger partial charge is 0.245 e. The zero-order chi connectivity index (χ0) is 7.84. The van der Waals surface area contributed by atoms with E-state index in [1.54, 1.807) is 11.3 Å². The third-order valence-electron chi connectivity index (χ3n) is 1.63. The van der Waals surface area contributed by atoms with Crippen molar-refractivity contribution in [1.82, 2.24) is 4.98 Å². The molecule has 1 aromatic carbocycles. The second-order valence-corrected chi connectivity index (χ2v) is 4.04. The zero-order valence-corrected chi connectivity index (χ0v) is 8.37. The molecule has 1 nitrogen and oxygen atoms in total. The monoisotopic (exact) mass is 227 g/mol. The summed E-state index contributed by atoms with van der Waals surface area (Å²) in [7, 11) is 0. The molecular formula is C8H6BrNS. The van der Waals surface area contributed by atoms with Gasteiger partial charge in [-0.3, -0.25) is 0 Å². The number of thiazole rings is 1. The Morgan fingerprint density at radius 1 is 1.45 bits per heavy atom. The highest BCUT2D eigenvalue weighted by molar-refractivity contribution is 9.10. The van der Waals surface area contributed by atoms with Gasteiger partial charge in [0, 0.05) is 4.47 Å². The molecule has 3 heteroatoms. The van der Waals surface area contributed by atoms with Gasteiger partial charge in [-0.25, -0.2) is 4.98 Å². The first-order valence-electron chi connectivity index (χ1n) is 3.27. The van der Waals surface area contributed by atoms with E-state index < -0.39 is 0 Å². The minimum atomic E-state index is 1.08. The molecule has 56 valence electrons. The molecule has 0 spiro atoms. The van der Waals surface area contributed by atoms with Crippen LogP contribution in [0.1, 0.15) is 5.56 Å². The van der Waals surface area contributed by atoms with E-state index in [9.17, 15) is 0 Å². The smallest absolute Gasteiger partial charge is 0.0823 e. The lowest BCUT2D eigenvalue weighted by atomic mass is 10.2. The van der Waals surface area contributed by atoms with Gasteiger partial charge in [0.15, 0.2) is 0 Å². The van der Waals surface area contributed by atoms with E-state index in [0.29, 0.717) is 0 Å². The molecule has 0 saturated heterocycles. The molecule has 0 aliphatic rings. The summed E-state index contributed by atoms with van der Waals surface area (Å²) in [6.45, 7) is 2.09. The second kappa shape index (κ2) is 2.57. The summed E-state index contributed by atoms with van der Waals surface area (Å²) in [5, 5.41) is 0. The highest BCUT2D eigenvalue weighted by Crippen LogP contribution is 2.29. The molecule has 0 radical (unpaired) electrons. The van der Waals surface area contributed by atoms with Crippen LogP contribution in [-0.4, -0.2) is 4.98 Å². The van der Waals surface area contributed by atoms with Gasteiger partial charge in [0.1, 0.15) is 0 Å². The van der Waals surface area contributed by atoms with Crippen LogP contribution in [0.4, 0.5) is 0 Å². The van der Waals surface area contributed by atoms with Gasteiger partial charge < -0.3 is 0 Å². The Kier molecular flexibility index (Phi) is 1.69. The molecule has 2 aromatic rings. The molecule has 1 heterocycles. The van der Waals surface area contributed by atoms with Crippen LogP contribution in [0.2, 0.25) is 0 Å². The number of nitrogens with zero attached hydrogens (tertiary/aromatic N) is 1. The molecule has 0 N–H and O–H groups in total. The van der Waals surface area contributed by atoms with Crippen molar-refractivity contribution >= 4 is 37.5 Å². The quantitative estimate of drug-likeness (QED) is 0.673. The first-order chi connectivity index (χ1) is 5.29. The van der Waals surface area contributed by atoms with Gasteiger partial charge in [-0.1, -0.05) is 6.07 Å². The fourth-order valence-electron chi connectivity index (χ4n) is 0.994. The Morgan fingerprint density at radius 3 is 3.09 bits per heavy atom. The Morgan fingerprint density at radius 2 is 2.27 bits per heavy atom. The molecule has 0 saturated carbocycles. The lowest BCUT2D eigenvalue weighted by molar-refractivity contribution is 1.44. The Balaban J connectivity index is 2.93. The lowest BCUT2D eigenvalue weighted by Crippen LogP contribution is -1.74. The molecule has 2 rings (SSSR count). The Labute approximate surface area is 77.2 Å². The lowest BCUT2D eigenvalue weighted by Gasteiger charge is -1.96.